The van der Waals surface area contributed by atoms with Crippen molar-refractivity contribution in [2.24, 2.45) is 0 Å². The molecule has 0 fully saturated rings. The second-order valence-electron chi connectivity index (χ2n) is 5.49. The van der Waals surface area contributed by atoms with E-state index in [2.05, 4.69) is 37.4 Å². The number of rotatable bonds is 7. The van der Waals surface area contributed by atoms with Gasteiger partial charge in [-0.1, -0.05) is 26.3 Å². The minimum Gasteiger partial charge on any atom is -0.492 e. The normalized spacial score (nSPS) is 15.9. The van der Waals surface area contributed by atoms with Crippen molar-refractivity contribution in [1.82, 2.24) is 5.32 Å². The largest absolute Gasteiger partial charge is 0.492 e. The Balaban J connectivity index is 1.91. The SMILES string of the molecule is CCCC(COc1ccc2c(c1)CCCC2)NCC. The average molecular weight is 261 g/mol. The molecule has 0 bridgehead atoms. The lowest BCUT2D eigenvalue weighted by Gasteiger charge is -2.20. The van der Waals surface area contributed by atoms with Gasteiger partial charge in [-0.25, -0.2) is 0 Å². The van der Waals surface area contributed by atoms with Crippen LogP contribution in [0.5, 0.6) is 5.75 Å². The van der Waals surface area contributed by atoms with Crippen molar-refractivity contribution < 1.29 is 4.74 Å². The minimum atomic E-state index is 0.478. The predicted octanol–water partition coefficient (Wildman–Crippen LogP) is 3.72. The average Bonchev–Trinajstić information content (AvgIpc) is 2.45. The van der Waals surface area contributed by atoms with Gasteiger partial charge in [0.2, 0.25) is 0 Å². The summed E-state index contributed by atoms with van der Waals surface area (Å²) in [4.78, 5) is 0. The Morgan fingerprint density at radius 2 is 1.95 bits per heavy atom. The highest BCUT2D eigenvalue weighted by Crippen LogP contribution is 2.25. The smallest absolute Gasteiger partial charge is 0.119 e. The molecule has 0 radical (unpaired) electrons. The third-order valence-electron chi connectivity index (χ3n) is 3.90. The molecule has 1 aromatic rings. The Bertz CT molecular complexity index is 383. The fourth-order valence-electron chi connectivity index (χ4n) is 2.88. The van der Waals surface area contributed by atoms with E-state index in [1.807, 2.05) is 0 Å². The quantitative estimate of drug-likeness (QED) is 0.807. The van der Waals surface area contributed by atoms with Crippen molar-refractivity contribution in [2.45, 2.75) is 58.4 Å². The summed E-state index contributed by atoms with van der Waals surface area (Å²) in [7, 11) is 0. The first kappa shape index (κ1) is 14.4. The van der Waals surface area contributed by atoms with E-state index in [0.717, 1.165) is 18.9 Å². The molecule has 19 heavy (non-hydrogen) atoms. The fourth-order valence-corrected chi connectivity index (χ4v) is 2.88. The minimum absolute atomic E-state index is 0.478. The van der Waals surface area contributed by atoms with E-state index in [0.29, 0.717) is 6.04 Å². The maximum atomic E-state index is 5.98. The van der Waals surface area contributed by atoms with Gasteiger partial charge >= 0.3 is 0 Å². The maximum Gasteiger partial charge on any atom is 0.119 e. The first-order valence-electron chi connectivity index (χ1n) is 7.81. The lowest BCUT2D eigenvalue weighted by Crippen LogP contribution is -2.34. The van der Waals surface area contributed by atoms with Crippen molar-refractivity contribution >= 4 is 0 Å². The summed E-state index contributed by atoms with van der Waals surface area (Å²) < 4.78 is 5.98. The van der Waals surface area contributed by atoms with E-state index in [9.17, 15) is 0 Å². The summed E-state index contributed by atoms with van der Waals surface area (Å²) in [5, 5.41) is 3.49. The van der Waals surface area contributed by atoms with Crippen molar-refractivity contribution in [3.05, 3.63) is 29.3 Å². The van der Waals surface area contributed by atoms with E-state index in [1.54, 1.807) is 0 Å². The highest BCUT2D eigenvalue weighted by atomic mass is 16.5. The molecule has 1 aliphatic rings. The third kappa shape index (κ3) is 4.24. The Morgan fingerprint density at radius 1 is 1.16 bits per heavy atom. The number of hydrogen-bond acceptors (Lipinski definition) is 2. The summed E-state index contributed by atoms with van der Waals surface area (Å²) >= 11 is 0. The van der Waals surface area contributed by atoms with Crippen LogP contribution in [0, 0.1) is 0 Å². The van der Waals surface area contributed by atoms with Crippen LogP contribution in [0.15, 0.2) is 18.2 Å². The number of aryl methyl sites for hydroxylation is 2. The number of nitrogens with one attached hydrogen (secondary N) is 1. The fraction of sp³-hybridized carbons (Fsp3) is 0.647. The molecular formula is C17H27NO. The molecule has 1 unspecified atom stereocenters. The molecule has 0 spiro atoms. The number of ether oxygens (including phenoxy) is 1. The van der Waals surface area contributed by atoms with Crippen LogP contribution in [0.3, 0.4) is 0 Å². The summed E-state index contributed by atoms with van der Waals surface area (Å²) in [6, 6.07) is 7.13. The van der Waals surface area contributed by atoms with Gasteiger partial charge in [-0.3, -0.25) is 0 Å². The first-order valence-corrected chi connectivity index (χ1v) is 7.81. The van der Waals surface area contributed by atoms with Crippen LogP contribution in [0.25, 0.3) is 0 Å². The first-order chi connectivity index (χ1) is 9.33. The molecule has 0 saturated heterocycles. The predicted molar refractivity (Wildman–Crippen MR) is 81.0 cm³/mol. The monoisotopic (exact) mass is 261 g/mol. The molecule has 2 rings (SSSR count). The van der Waals surface area contributed by atoms with E-state index >= 15 is 0 Å². The van der Waals surface area contributed by atoms with Crippen LogP contribution in [0.4, 0.5) is 0 Å². The molecule has 0 amide bonds. The summed E-state index contributed by atoms with van der Waals surface area (Å²) in [6.45, 7) is 6.17. The summed E-state index contributed by atoms with van der Waals surface area (Å²) in [5.41, 5.74) is 3.02. The summed E-state index contributed by atoms with van der Waals surface area (Å²) in [6.07, 6.45) is 7.51. The van der Waals surface area contributed by atoms with E-state index in [4.69, 9.17) is 4.74 Å². The van der Waals surface area contributed by atoms with Gasteiger partial charge in [-0.2, -0.15) is 0 Å². The zero-order chi connectivity index (χ0) is 13.5. The Morgan fingerprint density at radius 3 is 2.68 bits per heavy atom. The Labute approximate surface area is 117 Å². The van der Waals surface area contributed by atoms with E-state index in [1.165, 1.54) is 49.7 Å². The standard InChI is InChI=1S/C17H27NO/c1-3-7-16(18-4-2)13-19-17-11-10-14-8-5-6-9-15(14)12-17/h10-12,16,18H,3-9,13H2,1-2H3. The molecule has 106 valence electrons. The molecule has 0 aliphatic heterocycles. The number of hydrogen-bond donors (Lipinski definition) is 1. The number of benzene rings is 1. The molecule has 2 heteroatoms. The molecule has 1 N–H and O–H groups in total. The lowest BCUT2D eigenvalue weighted by atomic mass is 9.92. The van der Waals surface area contributed by atoms with Crippen LogP contribution in [0.1, 0.15) is 50.7 Å². The van der Waals surface area contributed by atoms with Crippen LogP contribution in [0.2, 0.25) is 0 Å². The van der Waals surface area contributed by atoms with Gasteiger partial charge in [-0.15, -0.1) is 0 Å². The second kappa shape index (κ2) is 7.54. The van der Waals surface area contributed by atoms with Gasteiger partial charge in [0.25, 0.3) is 0 Å². The van der Waals surface area contributed by atoms with Gasteiger partial charge in [0.05, 0.1) is 0 Å². The van der Waals surface area contributed by atoms with Crippen LogP contribution in [-0.4, -0.2) is 19.2 Å². The van der Waals surface area contributed by atoms with Crippen molar-refractivity contribution in [3.63, 3.8) is 0 Å². The summed E-state index contributed by atoms with van der Waals surface area (Å²) in [5.74, 6) is 1.04. The Hall–Kier alpha value is -1.02. The molecule has 1 aliphatic carbocycles. The third-order valence-corrected chi connectivity index (χ3v) is 3.90. The van der Waals surface area contributed by atoms with Crippen molar-refractivity contribution in [3.8, 4) is 5.75 Å². The van der Waals surface area contributed by atoms with E-state index < -0.39 is 0 Å². The Kier molecular flexibility index (Phi) is 5.71. The van der Waals surface area contributed by atoms with Crippen molar-refractivity contribution in [2.75, 3.05) is 13.2 Å². The molecule has 2 nitrogen and oxygen atoms in total. The zero-order valence-electron chi connectivity index (χ0n) is 12.4. The van der Waals surface area contributed by atoms with Crippen LogP contribution >= 0.6 is 0 Å². The van der Waals surface area contributed by atoms with Gasteiger partial charge < -0.3 is 10.1 Å². The molecule has 0 saturated carbocycles. The van der Waals surface area contributed by atoms with Crippen LogP contribution < -0.4 is 10.1 Å². The van der Waals surface area contributed by atoms with Gasteiger partial charge in [0.15, 0.2) is 0 Å². The zero-order valence-corrected chi connectivity index (χ0v) is 12.4. The second-order valence-corrected chi connectivity index (χ2v) is 5.49. The molecule has 0 aromatic heterocycles. The molecule has 1 atom stereocenters. The van der Waals surface area contributed by atoms with Gasteiger partial charge in [0.1, 0.15) is 12.4 Å². The number of fused-ring (bicyclic) bond motifs is 1. The highest BCUT2D eigenvalue weighted by Gasteiger charge is 2.11. The van der Waals surface area contributed by atoms with Crippen molar-refractivity contribution in [1.29, 1.82) is 0 Å². The highest BCUT2D eigenvalue weighted by molar-refractivity contribution is 5.37. The topological polar surface area (TPSA) is 21.3 Å². The molecule has 1 aromatic carbocycles. The molecule has 0 heterocycles. The van der Waals surface area contributed by atoms with Gasteiger partial charge in [-0.05, 0) is 61.9 Å². The molecular weight excluding hydrogens is 234 g/mol. The lowest BCUT2D eigenvalue weighted by molar-refractivity contribution is 0.257. The number of likely N-dealkylation sites (N-methyl/N-ethyl adjacent to an activating group) is 1. The van der Waals surface area contributed by atoms with E-state index in [-0.39, 0.29) is 0 Å². The van der Waals surface area contributed by atoms with Crippen LogP contribution in [-0.2, 0) is 12.8 Å². The van der Waals surface area contributed by atoms with Gasteiger partial charge in [0, 0.05) is 6.04 Å². The maximum absolute atomic E-state index is 5.98.